The van der Waals surface area contributed by atoms with Crippen molar-refractivity contribution in [2.75, 3.05) is 5.32 Å². The molecule has 0 aliphatic heterocycles. The van der Waals surface area contributed by atoms with Crippen LogP contribution >= 0.6 is 34.8 Å². The van der Waals surface area contributed by atoms with Crippen LogP contribution in [0.2, 0.25) is 15.1 Å². The van der Waals surface area contributed by atoms with Crippen molar-refractivity contribution in [3.05, 3.63) is 62.6 Å². The van der Waals surface area contributed by atoms with Gasteiger partial charge in [-0.1, -0.05) is 34.8 Å². The monoisotopic (exact) mass is 343 g/mol. The Balaban J connectivity index is 2.25. The highest BCUT2D eigenvalue weighted by atomic mass is 35.5. The van der Waals surface area contributed by atoms with Gasteiger partial charge in [0.2, 0.25) is 0 Å². The molecule has 0 atom stereocenters. The third kappa shape index (κ3) is 3.88. The first-order valence-electron chi connectivity index (χ1n) is 5.67. The number of rotatable bonds is 3. The van der Waals surface area contributed by atoms with Crippen molar-refractivity contribution >= 4 is 52.4 Å². The van der Waals surface area contributed by atoms with E-state index in [0.717, 1.165) is 0 Å². The lowest BCUT2D eigenvalue weighted by Gasteiger charge is -2.08. The first kappa shape index (κ1) is 15.6. The van der Waals surface area contributed by atoms with Gasteiger partial charge in [-0.3, -0.25) is 4.79 Å². The lowest BCUT2D eigenvalue weighted by molar-refractivity contribution is 0.0696. The van der Waals surface area contributed by atoms with Crippen LogP contribution in [-0.4, -0.2) is 17.0 Å². The lowest BCUT2D eigenvalue weighted by Crippen LogP contribution is -2.12. The van der Waals surface area contributed by atoms with Crippen LogP contribution in [0.25, 0.3) is 0 Å². The number of anilines is 1. The van der Waals surface area contributed by atoms with Crippen molar-refractivity contribution in [2.24, 2.45) is 0 Å². The molecule has 1 amide bonds. The maximum Gasteiger partial charge on any atom is 0.335 e. The number of hydrogen-bond acceptors (Lipinski definition) is 2. The fourth-order valence-corrected chi connectivity index (χ4v) is 2.38. The number of benzene rings is 2. The molecular formula is C14H8Cl3NO3. The Morgan fingerprint density at radius 3 is 2.05 bits per heavy atom. The van der Waals surface area contributed by atoms with Crippen molar-refractivity contribution in [3.63, 3.8) is 0 Å². The first-order chi connectivity index (χ1) is 9.86. The molecule has 0 aliphatic rings. The van der Waals surface area contributed by atoms with Crippen LogP contribution in [0.3, 0.4) is 0 Å². The number of nitrogens with one attached hydrogen (secondary N) is 1. The van der Waals surface area contributed by atoms with Gasteiger partial charge in [-0.25, -0.2) is 4.79 Å². The van der Waals surface area contributed by atoms with Crippen LogP contribution in [0.15, 0.2) is 36.4 Å². The van der Waals surface area contributed by atoms with E-state index in [0.29, 0.717) is 15.7 Å². The third-order valence-corrected chi connectivity index (χ3v) is 3.34. The number of carboxylic acids is 1. The summed E-state index contributed by atoms with van der Waals surface area (Å²) in [5, 5.41) is 12.2. The summed E-state index contributed by atoms with van der Waals surface area (Å²) in [5.41, 5.74) is 0.595. The minimum atomic E-state index is -1.10. The SMILES string of the molecule is O=C(O)c1ccc(NC(=O)c2cc(Cl)cc(Cl)c2)c(Cl)c1. The molecule has 0 aliphatic carbocycles. The molecule has 2 rings (SSSR count). The van der Waals surface area contributed by atoms with Gasteiger partial charge < -0.3 is 10.4 Å². The summed E-state index contributed by atoms with van der Waals surface area (Å²) in [6.45, 7) is 0. The van der Waals surface area contributed by atoms with E-state index < -0.39 is 11.9 Å². The summed E-state index contributed by atoms with van der Waals surface area (Å²) in [6.07, 6.45) is 0. The van der Waals surface area contributed by atoms with E-state index in [4.69, 9.17) is 39.9 Å². The Bertz CT molecular complexity index is 711. The van der Waals surface area contributed by atoms with E-state index in [2.05, 4.69) is 5.32 Å². The molecular weight excluding hydrogens is 337 g/mol. The van der Waals surface area contributed by atoms with Gasteiger partial charge in [-0.05, 0) is 36.4 Å². The van der Waals surface area contributed by atoms with Crippen LogP contribution < -0.4 is 5.32 Å². The van der Waals surface area contributed by atoms with E-state index in [1.807, 2.05) is 0 Å². The molecule has 4 nitrogen and oxygen atoms in total. The molecule has 2 aromatic carbocycles. The van der Waals surface area contributed by atoms with Gasteiger partial charge in [0, 0.05) is 15.6 Å². The van der Waals surface area contributed by atoms with Gasteiger partial charge in [0.05, 0.1) is 16.3 Å². The minimum absolute atomic E-state index is 0.0313. The zero-order valence-electron chi connectivity index (χ0n) is 10.4. The predicted octanol–water partition coefficient (Wildman–Crippen LogP) is 4.60. The third-order valence-electron chi connectivity index (χ3n) is 2.59. The van der Waals surface area contributed by atoms with E-state index >= 15 is 0 Å². The predicted molar refractivity (Wildman–Crippen MR) is 82.8 cm³/mol. The Labute approximate surface area is 135 Å². The molecule has 0 saturated carbocycles. The highest BCUT2D eigenvalue weighted by Gasteiger charge is 2.12. The molecule has 0 saturated heterocycles. The largest absolute Gasteiger partial charge is 0.478 e. The maximum atomic E-state index is 12.1. The Kier molecular flexibility index (Phi) is 4.73. The zero-order chi connectivity index (χ0) is 15.6. The summed E-state index contributed by atoms with van der Waals surface area (Å²) in [4.78, 5) is 22.9. The number of carbonyl (C=O) groups excluding carboxylic acids is 1. The summed E-state index contributed by atoms with van der Waals surface area (Å²) < 4.78 is 0. The topological polar surface area (TPSA) is 66.4 Å². The second-order valence-electron chi connectivity index (χ2n) is 4.11. The fraction of sp³-hybridized carbons (Fsp3) is 0. The van der Waals surface area contributed by atoms with Crippen LogP contribution in [0.5, 0.6) is 0 Å². The van der Waals surface area contributed by atoms with Crippen LogP contribution in [0.4, 0.5) is 5.69 Å². The van der Waals surface area contributed by atoms with Crippen LogP contribution in [-0.2, 0) is 0 Å². The van der Waals surface area contributed by atoms with Crippen molar-refractivity contribution in [1.29, 1.82) is 0 Å². The van der Waals surface area contributed by atoms with Crippen LogP contribution in [0.1, 0.15) is 20.7 Å². The van der Waals surface area contributed by atoms with E-state index in [1.165, 1.54) is 36.4 Å². The molecule has 0 radical (unpaired) electrons. The van der Waals surface area contributed by atoms with E-state index in [1.54, 1.807) is 0 Å². The lowest BCUT2D eigenvalue weighted by atomic mass is 10.2. The quantitative estimate of drug-likeness (QED) is 0.855. The van der Waals surface area contributed by atoms with Gasteiger partial charge in [0.15, 0.2) is 0 Å². The second kappa shape index (κ2) is 6.35. The first-order valence-corrected chi connectivity index (χ1v) is 6.80. The van der Waals surface area contributed by atoms with Gasteiger partial charge in [-0.15, -0.1) is 0 Å². The molecule has 0 heterocycles. The number of carboxylic acid groups (broad SMARTS) is 1. The normalized spacial score (nSPS) is 10.2. The average molecular weight is 345 g/mol. The number of aromatic carboxylic acids is 1. The fourth-order valence-electron chi connectivity index (χ4n) is 1.63. The number of hydrogen-bond donors (Lipinski definition) is 2. The van der Waals surface area contributed by atoms with E-state index in [-0.39, 0.29) is 16.1 Å². The molecule has 108 valence electrons. The summed E-state index contributed by atoms with van der Waals surface area (Å²) >= 11 is 17.6. The number of carbonyl (C=O) groups is 2. The molecule has 0 bridgehead atoms. The van der Waals surface area contributed by atoms with Gasteiger partial charge in [0.25, 0.3) is 5.91 Å². The maximum absolute atomic E-state index is 12.1. The molecule has 2 aromatic rings. The Morgan fingerprint density at radius 2 is 1.52 bits per heavy atom. The van der Waals surface area contributed by atoms with Crippen molar-refractivity contribution in [2.45, 2.75) is 0 Å². The molecule has 0 spiro atoms. The zero-order valence-corrected chi connectivity index (χ0v) is 12.6. The molecule has 0 aromatic heterocycles. The van der Waals surface area contributed by atoms with Crippen molar-refractivity contribution in [1.82, 2.24) is 0 Å². The highest BCUT2D eigenvalue weighted by Crippen LogP contribution is 2.25. The number of amides is 1. The highest BCUT2D eigenvalue weighted by molar-refractivity contribution is 6.36. The standard InChI is InChI=1S/C14H8Cl3NO3/c15-9-3-8(4-10(16)6-9)13(19)18-12-2-1-7(14(20)21)5-11(12)17/h1-6H,(H,18,19)(H,20,21). The van der Waals surface area contributed by atoms with Gasteiger partial charge in [0.1, 0.15) is 0 Å². The molecule has 2 N–H and O–H groups in total. The van der Waals surface area contributed by atoms with E-state index in [9.17, 15) is 9.59 Å². The average Bonchev–Trinajstić information content (AvgIpc) is 2.39. The van der Waals surface area contributed by atoms with Crippen molar-refractivity contribution in [3.8, 4) is 0 Å². The molecule has 0 unspecified atom stereocenters. The molecule has 7 heteroatoms. The minimum Gasteiger partial charge on any atom is -0.478 e. The van der Waals surface area contributed by atoms with Gasteiger partial charge in [-0.2, -0.15) is 0 Å². The summed E-state index contributed by atoms with van der Waals surface area (Å²) in [6, 6.07) is 8.44. The summed E-state index contributed by atoms with van der Waals surface area (Å²) in [7, 11) is 0. The Morgan fingerprint density at radius 1 is 0.905 bits per heavy atom. The molecule has 21 heavy (non-hydrogen) atoms. The van der Waals surface area contributed by atoms with Gasteiger partial charge >= 0.3 is 5.97 Å². The van der Waals surface area contributed by atoms with Crippen molar-refractivity contribution < 1.29 is 14.7 Å². The number of halogens is 3. The Hall–Kier alpha value is -1.75. The summed E-state index contributed by atoms with van der Waals surface area (Å²) in [5.74, 6) is -1.55. The van der Waals surface area contributed by atoms with Crippen LogP contribution in [0, 0.1) is 0 Å². The smallest absolute Gasteiger partial charge is 0.335 e. The molecule has 0 fully saturated rings. The second-order valence-corrected chi connectivity index (χ2v) is 5.39.